The van der Waals surface area contributed by atoms with Gasteiger partial charge in [0.25, 0.3) is 0 Å². The summed E-state index contributed by atoms with van der Waals surface area (Å²) in [7, 11) is 0. The molecule has 0 aliphatic carbocycles. The lowest BCUT2D eigenvalue weighted by Gasteiger charge is -2.33. The minimum absolute atomic E-state index is 0.393. The summed E-state index contributed by atoms with van der Waals surface area (Å²) < 4.78 is 0. The fourth-order valence-corrected chi connectivity index (χ4v) is 2.39. The number of amides is 1. The van der Waals surface area contributed by atoms with Gasteiger partial charge in [-0.2, -0.15) is 0 Å². The second kappa shape index (κ2) is 6.94. The van der Waals surface area contributed by atoms with E-state index in [0.29, 0.717) is 18.8 Å². The van der Waals surface area contributed by atoms with E-state index >= 15 is 0 Å². The molecular formula is C17H23NO2. The highest BCUT2D eigenvalue weighted by atomic mass is 16.4. The summed E-state index contributed by atoms with van der Waals surface area (Å²) in [5.74, 6) is 0.393. The molecule has 1 amide bonds. The third kappa shape index (κ3) is 3.73. The van der Waals surface area contributed by atoms with Gasteiger partial charge in [-0.1, -0.05) is 50.3 Å². The van der Waals surface area contributed by atoms with Crippen molar-refractivity contribution >= 4 is 6.09 Å². The van der Waals surface area contributed by atoms with Gasteiger partial charge < -0.3 is 10.4 Å². The highest BCUT2D eigenvalue weighted by Crippen LogP contribution is 2.32. The molecule has 108 valence electrons. The van der Waals surface area contributed by atoms with E-state index in [2.05, 4.69) is 44.5 Å². The maximum atomic E-state index is 11.2. The average Bonchev–Trinajstić information content (AvgIpc) is 2.38. The summed E-state index contributed by atoms with van der Waals surface area (Å²) in [6.07, 6.45) is 3.48. The minimum atomic E-state index is -1.04. The van der Waals surface area contributed by atoms with E-state index in [0.717, 1.165) is 5.56 Å². The first-order valence-corrected chi connectivity index (χ1v) is 6.78. The molecule has 3 nitrogen and oxygen atoms in total. The van der Waals surface area contributed by atoms with Crippen LogP contribution in [0.4, 0.5) is 4.79 Å². The molecule has 20 heavy (non-hydrogen) atoms. The van der Waals surface area contributed by atoms with Gasteiger partial charge in [0.15, 0.2) is 0 Å². The van der Waals surface area contributed by atoms with Crippen LogP contribution in [-0.4, -0.2) is 11.2 Å². The zero-order valence-corrected chi connectivity index (χ0v) is 12.2. The van der Waals surface area contributed by atoms with Gasteiger partial charge in [-0.3, -0.25) is 0 Å². The SMILES string of the molecule is C=CCC(CC=C)(NC(=O)O)c1cccc(C(C)C)c1. The number of hydrogen-bond acceptors (Lipinski definition) is 1. The van der Waals surface area contributed by atoms with Crippen molar-refractivity contribution in [3.8, 4) is 0 Å². The van der Waals surface area contributed by atoms with Crippen LogP contribution in [0.2, 0.25) is 0 Å². The third-order valence-corrected chi connectivity index (χ3v) is 3.44. The van der Waals surface area contributed by atoms with Crippen LogP contribution in [0.1, 0.15) is 43.7 Å². The zero-order valence-electron chi connectivity index (χ0n) is 12.2. The number of benzene rings is 1. The first-order chi connectivity index (χ1) is 9.45. The van der Waals surface area contributed by atoms with Crippen molar-refractivity contribution in [2.45, 2.75) is 38.1 Å². The van der Waals surface area contributed by atoms with Crippen LogP contribution in [-0.2, 0) is 5.54 Å². The molecule has 1 aromatic carbocycles. The van der Waals surface area contributed by atoms with E-state index in [9.17, 15) is 4.79 Å². The molecule has 1 aromatic rings. The first-order valence-electron chi connectivity index (χ1n) is 6.78. The highest BCUT2D eigenvalue weighted by molar-refractivity contribution is 5.66. The Hall–Kier alpha value is -2.03. The monoisotopic (exact) mass is 273 g/mol. The Labute approximate surface area is 121 Å². The minimum Gasteiger partial charge on any atom is -0.465 e. The summed E-state index contributed by atoms with van der Waals surface area (Å²) in [6, 6.07) is 8.04. The quantitative estimate of drug-likeness (QED) is 0.722. The largest absolute Gasteiger partial charge is 0.465 e. The van der Waals surface area contributed by atoms with Crippen molar-refractivity contribution < 1.29 is 9.90 Å². The number of carbonyl (C=O) groups is 1. The van der Waals surface area contributed by atoms with Crippen LogP contribution in [0.5, 0.6) is 0 Å². The van der Waals surface area contributed by atoms with Crippen LogP contribution >= 0.6 is 0 Å². The van der Waals surface area contributed by atoms with Crippen LogP contribution in [0.15, 0.2) is 49.6 Å². The van der Waals surface area contributed by atoms with Gasteiger partial charge in [-0.25, -0.2) is 4.79 Å². The molecule has 0 aromatic heterocycles. The molecule has 1 rings (SSSR count). The Balaban J connectivity index is 3.32. The Bertz CT molecular complexity index is 482. The topological polar surface area (TPSA) is 49.3 Å². The second-order valence-corrected chi connectivity index (χ2v) is 5.28. The molecule has 0 bridgehead atoms. The van der Waals surface area contributed by atoms with Gasteiger partial charge in [-0.05, 0) is 29.9 Å². The summed E-state index contributed by atoms with van der Waals surface area (Å²) in [6.45, 7) is 11.7. The molecule has 0 saturated carbocycles. The standard InChI is InChI=1S/C17H23NO2/c1-5-10-17(11-6-2,18-16(19)20)15-9-7-8-14(12-15)13(3)4/h5-9,12-13,18H,1-2,10-11H2,3-4H3,(H,19,20). The lowest BCUT2D eigenvalue weighted by molar-refractivity contribution is 0.177. The van der Waals surface area contributed by atoms with Gasteiger partial charge >= 0.3 is 6.09 Å². The molecule has 0 atom stereocenters. The second-order valence-electron chi connectivity index (χ2n) is 5.28. The maximum Gasteiger partial charge on any atom is 0.405 e. The maximum absolute atomic E-state index is 11.2. The highest BCUT2D eigenvalue weighted by Gasteiger charge is 2.31. The molecule has 3 heteroatoms. The molecular weight excluding hydrogens is 250 g/mol. The lowest BCUT2D eigenvalue weighted by atomic mass is 9.82. The van der Waals surface area contributed by atoms with Crippen molar-refractivity contribution in [3.63, 3.8) is 0 Å². The fourth-order valence-electron chi connectivity index (χ4n) is 2.39. The molecule has 0 fully saturated rings. The van der Waals surface area contributed by atoms with Crippen LogP contribution in [0.3, 0.4) is 0 Å². The normalized spacial score (nSPS) is 11.2. The lowest BCUT2D eigenvalue weighted by Crippen LogP contribution is -2.44. The summed E-state index contributed by atoms with van der Waals surface area (Å²) in [5, 5.41) is 11.8. The van der Waals surface area contributed by atoms with Gasteiger partial charge in [0.1, 0.15) is 0 Å². The Morgan fingerprint density at radius 2 is 1.95 bits per heavy atom. The number of hydrogen-bond donors (Lipinski definition) is 2. The Morgan fingerprint density at radius 1 is 1.35 bits per heavy atom. The van der Waals surface area contributed by atoms with Crippen molar-refractivity contribution in [2.24, 2.45) is 0 Å². The van der Waals surface area contributed by atoms with Gasteiger partial charge in [0.2, 0.25) is 0 Å². The van der Waals surface area contributed by atoms with Crippen molar-refractivity contribution in [2.75, 3.05) is 0 Å². The van der Waals surface area contributed by atoms with E-state index in [1.54, 1.807) is 12.2 Å². The Morgan fingerprint density at radius 3 is 2.40 bits per heavy atom. The summed E-state index contributed by atoms with van der Waals surface area (Å²) in [5.41, 5.74) is 1.44. The van der Waals surface area contributed by atoms with E-state index in [-0.39, 0.29) is 0 Å². The smallest absolute Gasteiger partial charge is 0.405 e. The average molecular weight is 273 g/mol. The van der Waals surface area contributed by atoms with E-state index in [4.69, 9.17) is 5.11 Å². The number of rotatable bonds is 7. The van der Waals surface area contributed by atoms with Gasteiger partial charge in [0.05, 0.1) is 5.54 Å². The van der Waals surface area contributed by atoms with Crippen LogP contribution in [0.25, 0.3) is 0 Å². The molecule has 0 heterocycles. The zero-order chi connectivity index (χ0) is 15.2. The predicted molar refractivity (Wildman–Crippen MR) is 83.0 cm³/mol. The van der Waals surface area contributed by atoms with Crippen molar-refractivity contribution in [3.05, 3.63) is 60.7 Å². The van der Waals surface area contributed by atoms with E-state index in [1.165, 1.54) is 5.56 Å². The van der Waals surface area contributed by atoms with Crippen LogP contribution in [0, 0.1) is 0 Å². The Kier molecular flexibility index (Phi) is 5.56. The molecule has 0 aliphatic heterocycles. The van der Waals surface area contributed by atoms with E-state index < -0.39 is 11.6 Å². The predicted octanol–water partition coefficient (Wildman–Crippen LogP) is 4.43. The number of carboxylic acid groups (broad SMARTS) is 1. The van der Waals surface area contributed by atoms with Crippen LogP contribution < -0.4 is 5.32 Å². The van der Waals surface area contributed by atoms with Gasteiger partial charge in [-0.15, -0.1) is 13.2 Å². The number of nitrogens with one attached hydrogen (secondary N) is 1. The molecule has 0 saturated heterocycles. The van der Waals surface area contributed by atoms with Gasteiger partial charge in [0, 0.05) is 0 Å². The molecule has 0 spiro atoms. The van der Waals surface area contributed by atoms with E-state index in [1.807, 2.05) is 12.1 Å². The summed E-state index contributed by atoms with van der Waals surface area (Å²) >= 11 is 0. The first kappa shape index (κ1) is 16.0. The van der Waals surface area contributed by atoms with Crippen molar-refractivity contribution in [1.82, 2.24) is 5.32 Å². The molecule has 0 aliphatic rings. The molecule has 0 radical (unpaired) electrons. The fraction of sp³-hybridized carbons (Fsp3) is 0.353. The molecule has 2 N–H and O–H groups in total. The van der Waals surface area contributed by atoms with Crippen molar-refractivity contribution in [1.29, 1.82) is 0 Å². The third-order valence-electron chi connectivity index (χ3n) is 3.44. The molecule has 0 unspecified atom stereocenters. The summed E-state index contributed by atoms with van der Waals surface area (Å²) in [4.78, 5) is 11.2.